The Labute approximate surface area is 245 Å². The average molecular weight is 589 g/mol. The number of hydrazine groups is 1. The van der Waals surface area contributed by atoms with Gasteiger partial charge in [-0.2, -0.15) is 0 Å². The van der Waals surface area contributed by atoms with Crippen molar-refractivity contribution in [3.05, 3.63) is 22.2 Å². The predicted molar refractivity (Wildman–Crippen MR) is 154 cm³/mol. The van der Waals surface area contributed by atoms with Gasteiger partial charge in [0.1, 0.15) is 0 Å². The number of hydrogen-bond donors (Lipinski definition) is 1. The van der Waals surface area contributed by atoms with Gasteiger partial charge >= 0.3 is 11.7 Å². The number of nitro groups is 1. The number of benzene rings is 1. The number of rotatable bonds is 8. The molecule has 4 fully saturated rings. The first-order chi connectivity index (χ1) is 19.8. The van der Waals surface area contributed by atoms with E-state index in [1.807, 2.05) is 0 Å². The lowest BCUT2D eigenvalue weighted by Crippen LogP contribution is -2.52. The molecule has 1 aromatic heterocycles. The molecule has 41 heavy (non-hydrogen) atoms. The van der Waals surface area contributed by atoms with Crippen molar-refractivity contribution in [2.75, 3.05) is 18.7 Å². The van der Waals surface area contributed by atoms with E-state index in [2.05, 4.69) is 22.3 Å². The van der Waals surface area contributed by atoms with Gasteiger partial charge < -0.3 is 9.75 Å². The van der Waals surface area contributed by atoms with Crippen LogP contribution >= 0.6 is 11.6 Å². The van der Waals surface area contributed by atoms with Crippen LogP contribution in [0.4, 0.5) is 11.4 Å². The number of alkyl halides is 1. The van der Waals surface area contributed by atoms with Gasteiger partial charge in [-0.05, 0) is 118 Å². The summed E-state index contributed by atoms with van der Waals surface area (Å²) in [6.07, 6.45) is 12.3. The molecular weight excluding hydrogens is 548 g/mol. The second kappa shape index (κ2) is 12.0. The van der Waals surface area contributed by atoms with Gasteiger partial charge in [0, 0.05) is 29.6 Å². The van der Waals surface area contributed by atoms with E-state index in [4.69, 9.17) is 26.8 Å². The lowest BCUT2D eigenvalue weighted by atomic mass is 9.68. The van der Waals surface area contributed by atoms with Crippen LogP contribution in [0.1, 0.15) is 77.0 Å². The minimum Gasteiger partial charge on any atom is -0.465 e. The number of nitro benzene ring substituents is 1. The van der Waals surface area contributed by atoms with Crippen molar-refractivity contribution >= 4 is 40.0 Å². The molecule has 0 amide bonds. The molecule has 4 aliphatic rings. The summed E-state index contributed by atoms with van der Waals surface area (Å²) in [5, 5.41) is 20.8. The topological polar surface area (TPSA) is 141 Å². The van der Waals surface area contributed by atoms with Crippen molar-refractivity contribution in [2.24, 2.45) is 29.5 Å². The van der Waals surface area contributed by atoms with E-state index in [1.54, 1.807) is 11.1 Å². The molecule has 2 N–H and O–H groups in total. The highest BCUT2D eigenvalue weighted by Gasteiger charge is 2.51. The highest BCUT2D eigenvalue weighted by atomic mass is 35.5. The van der Waals surface area contributed by atoms with Crippen molar-refractivity contribution in [3.8, 4) is 0 Å². The molecule has 2 bridgehead atoms. The maximum absolute atomic E-state index is 13.6. The molecule has 0 spiro atoms. The van der Waals surface area contributed by atoms with E-state index in [-0.39, 0.29) is 34.5 Å². The molecule has 224 valence electrons. The van der Waals surface area contributed by atoms with Crippen LogP contribution in [0.15, 0.2) is 16.8 Å². The van der Waals surface area contributed by atoms with Crippen molar-refractivity contribution in [1.82, 2.24) is 15.2 Å². The fourth-order valence-corrected chi connectivity index (χ4v) is 8.61. The summed E-state index contributed by atoms with van der Waals surface area (Å²) in [4.78, 5) is 26.8. The molecule has 2 aliphatic carbocycles. The van der Waals surface area contributed by atoms with Crippen LogP contribution in [0.3, 0.4) is 0 Å². The highest BCUT2D eigenvalue weighted by molar-refractivity contribution is 6.20. The van der Waals surface area contributed by atoms with E-state index < -0.39 is 4.92 Å². The maximum Gasteiger partial charge on any atom is 0.310 e. The second-order valence-electron chi connectivity index (χ2n) is 12.8. The average Bonchev–Trinajstić information content (AvgIpc) is 3.54. The number of carbonyl (C=O) groups is 1. The minimum atomic E-state index is -0.502. The Bertz CT molecular complexity index is 1240. The lowest BCUT2D eigenvalue weighted by Gasteiger charge is -2.46. The number of anilines is 1. The van der Waals surface area contributed by atoms with Gasteiger partial charge in [-0.3, -0.25) is 19.8 Å². The molecule has 2 unspecified atom stereocenters. The number of fused-ring (bicyclic) bond motifs is 3. The van der Waals surface area contributed by atoms with E-state index in [1.165, 1.54) is 12.5 Å². The molecule has 3 heterocycles. The Morgan fingerprint density at radius 2 is 1.85 bits per heavy atom. The zero-order valence-electron chi connectivity index (χ0n) is 23.7. The maximum atomic E-state index is 13.6. The lowest BCUT2D eigenvalue weighted by molar-refractivity contribution is -0.383. The fourth-order valence-electron chi connectivity index (χ4n) is 8.36. The number of aromatic nitrogens is 2. The Hall–Kier alpha value is -2.50. The number of carbonyl (C=O) groups excluding carboxylic acids is 1. The summed E-state index contributed by atoms with van der Waals surface area (Å²) in [5.41, 5.74) is 0.819. The number of esters is 1. The Morgan fingerprint density at radius 1 is 1.12 bits per heavy atom. The Morgan fingerprint density at radius 3 is 2.59 bits per heavy atom. The third-order valence-corrected chi connectivity index (χ3v) is 11.2. The molecule has 12 heteroatoms. The monoisotopic (exact) mass is 588 g/mol. The van der Waals surface area contributed by atoms with Gasteiger partial charge in [0.25, 0.3) is 0 Å². The predicted octanol–water partition coefficient (Wildman–Crippen LogP) is 5.20. The standard InChI is InChI=1S/C29H41ClN6O5/c1-34-21-10-11-23(34)26(22(16-21)18-4-6-19(30)7-5-18)29(37)40-15-14-17-2-8-20(9-3-17)35(31)24-12-13-25(36(38)39)28-27(24)32-41-33-28/h12-13,17-23,26H,2-11,14-16,31H2,1H3/t17?,18?,19?,20?,21-,22-,23?,26?/m1/s1. The first kappa shape index (κ1) is 28.6. The third kappa shape index (κ3) is 5.64. The van der Waals surface area contributed by atoms with Crippen LogP contribution in [0, 0.1) is 33.8 Å². The largest absolute Gasteiger partial charge is 0.465 e. The summed E-state index contributed by atoms with van der Waals surface area (Å²) in [7, 11) is 2.19. The van der Waals surface area contributed by atoms with Gasteiger partial charge in [-0.1, -0.05) is 0 Å². The van der Waals surface area contributed by atoms with Gasteiger partial charge in [-0.15, -0.1) is 11.6 Å². The second-order valence-corrected chi connectivity index (χ2v) is 13.4. The number of hydrogen-bond acceptors (Lipinski definition) is 10. The summed E-state index contributed by atoms with van der Waals surface area (Å²) in [5.74, 6) is 7.93. The smallest absolute Gasteiger partial charge is 0.310 e. The van der Waals surface area contributed by atoms with Crippen LogP contribution in [-0.4, -0.2) is 63.3 Å². The van der Waals surface area contributed by atoms with E-state index >= 15 is 0 Å². The first-order valence-corrected chi connectivity index (χ1v) is 15.7. The molecule has 2 aliphatic heterocycles. The van der Waals surface area contributed by atoms with Gasteiger partial charge in [0.05, 0.1) is 23.1 Å². The molecule has 11 nitrogen and oxygen atoms in total. The third-order valence-electron chi connectivity index (χ3n) is 10.7. The van der Waals surface area contributed by atoms with Crippen LogP contribution in [0.2, 0.25) is 0 Å². The minimum absolute atomic E-state index is 0.00502. The number of nitrogens with zero attached hydrogens (tertiary/aromatic N) is 5. The Kier molecular flexibility index (Phi) is 8.38. The Balaban J connectivity index is 1.01. The highest BCUT2D eigenvalue weighted by Crippen LogP contribution is 2.48. The molecule has 4 atom stereocenters. The van der Waals surface area contributed by atoms with Crippen LogP contribution in [-0.2, 0) is 9.53 Å². The van der Waals surface area contributed by atoms with Crippen LogP contribution < -0.4 is 10.9 Å². The summed E-state index contributed by atoms with van der Waals surface area (Å²) >= 11 is 6.41. The fraction of sp³-hybridized carbons (Fsp3) is 0.759. The van der Waals surface area contributed by atoms with Crippen LogP contribution in [0.5, 0.6) is 0 Å². The molecule has 2 saturated heterocycles. The molecule has 0 radical (unpaired) electrons. The van der Waals surface area contributed by atoms with Crippen molar-refractivity contribution in [3.63, 3.8) is 0 Å². The molecule has 2 aromatic rings. The van der Waals surface area contributed by atoms with E-state index in [0.29, 0.717) is 47.6 Å². The van der Waals surface area contributed by atoms with Crippen LogP contribution in [0.25, 0.3) is 11.0 Å². The van der Waals surface area contributed by atoms with Crippen molar-refractivity contribution < 1.29 is 19.1 Å². The first-order valence-electron chi connectivity index (χ1n) is 15.3. The number of halogens is 1. The summed E-state index contributed by atoms with van der Waals surface area (Å²) in [6.45, 7) is 0.464. The quantitative estimate of drug-likeness (QED) is 0.144. The number of nitrogens with two attached hydrogens (primary N) is 1. The SMILES string of the molecule is CN1C2CC[C@@H]1C[C@H](C1CCC(Cl)CC1)C2C(=O)OCCC1CCC(N(N)c2ccc([N+](=O)[O-])c3nonc23)CC1. The number of non-ortho nitro benzene ring substituents is 1. The van der Waals surface area contributed by atoms with Crippen molar-refractivity contribution in [1.29, 1.82) is 0 Å². The van der Waals surface area contributed by atoms with Gasteiger partial charge in [-0.25, -0.2) is 10.5 Å². The molecule has 1 aromatic carbocycles. The summed E-state index contributed by atoms with van der Waals surface area (Å²) in [6, 6.07) is 3.98. The van der Waals surface area contributed by atoms with Crippen molar-refractivity contribution in [2.45, 2.75) is 101 Å². The summed E-state index contributed by atoms with van der Waals surface area (Å²) < 4.78 is 10.8. The molecular formula is C29H41ClN6O5. The van der Waals surface area contributed by atoms with E-state index in [9.17, 15) is 14.9 Å². The zero-order chi connectivity index (χ0) is 28.7. The molecule has 2 saturated carbocycles. The van der Waals surface area contributed by atoms with Gasteiger partial charge in [0.2, 0.25) is 5.52 Å². The van der Waals surface area contributed by atoms with E-state index in [0.717, 1.165) is 70.6 Å². The number of piperidine rings is 1. The van der Waals surface area contributed by atoms with Gasteiger partial charge in [0.15, 0.2) is 5.52 Å². The molecule has 6 rings (SSSR count). The zero-order valence-corrected chi connectivity index (χ0v) is 24.5. The normalized spacial score (nSPS) is 34.0. The number of ether oxygens (including phenoxy) is 1.